The van der Waals surface area contributed by atoms with Gasteiger partial charge in [-0.2, -0.15) is 0 Å². The summed E-state index contributed by atoms with van der Waals surface area (Å²) in [6, 6.07) is 10.6. The van der Waals surface area contributed by atoms with Gasteiger partial charge in [0.1, 0.15) is 0 Å². The highest BCUT2D eigenvalue weighted by molar-refractivity contribution is 5.18. The highest BCUT2D eigenvalue weighted by Crippen LogP contribution is 2.17. The summed E-state index contributed by atoms with van der Waals surface area (Å²) in [5.74, 6) is 0.253. The Labute approximate surface area is 98.7 Å². The summed E-state index contributed by atoms with van der Waals surface area (Å²) < 4.78 is 0. The summed E-state index contributed by atoms with van der Waals surface area (Å²) in [6.45, 7) is 8.68. The van der Waals surface area contributed by atoms with Crippen LogP contribution in [0.4, 0.5) is 0 Å². The average molecular weight is 221 g/mol. The number of nitrogens with one attached hydrogen (secondary N) is 1. The van der Waals surface area contributed by atoms with Crippen LogP contribution in [0, 0.1) is 5.92 Å². The zero-order valence-electron chi connectivity index (χ0n) is 10.7. The van der Waals surface area contributed by atoms with Crippen molar-refractivity contribution < 1.29 is 5.11 Å². The Kier molecular flexibility index (Phi) is 4.51. The summed E-state index contributed by atoms with van der Waals surface area (Å²) >= 11 is 0. The molecular formula is C14H23NO. The van der Waals surface area contributed by atoms with Crippen LogP contribution in [0.3, 0.4) is 0 Å². The van der Waals surface area contributed by atoms with E-state index in [1.54, 1.807) is 0 Å². The van der Waals surface area contributed by atoms with Gasteiger partial charge in [0.05, 0.1) is 5.60 Å². The SMILES string of the molecule is CC(C)C(C)(O)CN[C@@H](C)c1ccccc1. The number of aliphatic hydroxyl groups is 1. The molecule has 1 aromatic carbocycles. The Bertz CT molecular complexity index is 306. The zero-order valence-corrected chi connectivity index (χ0v) is 10.7. The summed E-state index contributed by atoms with van der Waals surface area (Å²) in [4.78, 5) is 0. The first-order valence-electron chi connectivity index (χ1n) is 5.94. The monoisotopic (exact) mass is 221 g/mol. The quantitative estimate of drug-likeness (QED) is 0.801. The second-order valence-electron chi connectivity index (χ2n) is 5.03. The van der Waals surface area contributed by atoms with E-state index in [0.717, 1.165) is 0 Å². The van der Waals surface area contributed by atoms with E-state index in [1.807, 2.05) is 39.0 Å². The van der Waals surface area contributed by atoms with Crippen LogP contribution in [-0.4, -0.2) is 17.3 Å². The van der Waals surface area contributed by atoms with E-state index in [4.69, 9.17) is 0 Å². The lowest BCUT2D eigenvalue weighted by atomic mass is 9.92. The summed E-state index contributed by atoms with van der Waals surface area (Å²) in [5, 5.41) is 13.5. The zero-order chi connectivity index (χ0) is 12.2. The summed E-state index contributed by atoms with van der Waals surface area (Å²) in [5.41, 5.74) is 0.602. The largest absolute Gasteiger partial charge is 0.389 e. The van der Waals surface area contributed by atoms with Crippen molar-refractivity contribution in [2.45, 2.75) is 39.3 Å². The maximum Gasteiger partial charge on any atom is 0.0766 e. The first-order chi connectivity index (χ1) is 7.43. The fraction of sp³-hybridized carbons (Fsp3) is 0.571. The molecule has 0 aliphatic rings. The highest BCUT2D eigenvalue weighted by Gasteiger charge is 2.25. The number of benzene rings is 1. The van der Waals surface area contributed by atoms with E-state index in [1.165, 1.54) is 5.56 Å². The van der Waals surface area contributed by atoms with Gasteiger partial charge in [-0.25, -0.2) is 0 Å². The minimum atomic E-state index is -0.650. The molecule has 1 aromatic rings. The van der Waals surface area contributed by atoms with Crippen LogP contribution >= 0.6 is 0 Å². The van der Waals surface area contributed by atoms with Crippen molar-refractivity contribution in [1.29, 1.82) is 0 Å². The third-order valence-electron chi connectivity index (χ3n) is 3.31. The molecule has 16 heavy (non-hydrogen) atoms. The van der Waals surface area contributed by atoms with Gasteiger partial charge in [0, 0.05) is 12.6 Å². The van der Waals surface area contributed by atoms with E-state index >= 15 is 0 Å². The molecule has 1 unspecified atom stereocenters. The number of hydrogen-bond donors (Lipinski definition) is 2. The molecule has 2 atom stereocenters. The standard InChI is InChI=1S/C14H23NO/c1-11(2)14(4,16)10-15-12(3)13-8-6-5-7-9-13/h5-9,11-12,15-16H,10H2,1-4H3/t12-,14?/m0/s1. The molecule has 0 spiro atoms. The number of hydrogen-bond acceptors (Lipinski definition) is 2. The lowest BCUT2D eigenvalue weighted by Crippen LogP contribution is -2.42. The molecule has 0 radical (unpaired) electrons. The van der Waals surface area contributed by atoms with E-state index in [9.17, 15) is 5.11 Å². The molecule has 1 rings (SSSR count). The van der Waals surface area contributed by atoms with Crippen molar-refractivity contribution in [2.24, 2.45) is 5.92 Å². The molecule has 0 aliphatic carbocycles. The minimum Gasteiger partial charge on any atom is -0.389 e. The van der Waals surface area contributed by atoms with Gasteiger partial charge in [0.25, 0.3) is 0 Å². The molecule has 0 saturated carbocycles. The van der Waals surface area contributed by atoms with E-state index in [-0.39, 0.29) is 12.0 Å². The molecule has 0 amide bonds. The van der Waals surface area contributed by atoms with Gasteiger partial charge in [-0.1, -0.05) is 44.2 Å². The van der Waals surface area contributed by atoms with Crippen molar-refractivity contribution >= 4 is 0 Å². The van der Waals surface area contributed by atoms with Crippen LogP contribution in [0.25, 0.3) is 0 Å². The third-order valence-corrected chi connectivity index (χ3v) is 3.31. The molecule has 0 aliphatic heterocycles. The van der Waals surface area contributed by atoms with Crippen LogP contribution in [0.15, 0.2) is 30.3 Å². The third kappa shape index (κ3) is 3.62. The summed E-state index contributed by atoms with van der Waals surface area (Å²) in [6.07, 6.45) is 0. The van der Waals surface area contributed by atoms with Gasteiger partial charge in [0.2, 0.25) is 0 Å². The highest BCUT2D eigenvalue weighted by atomic mass is 16.3. The summed E-state index contributed by atoms with van der Waals surface area (Å²) in [7, 11) is 0. The Morgan fingerprint density at radius 2 is 1.75 bits per heavy atom. The maximum absolute atomic E-state index is 10.1. The normalized spacial score (nSPS) is 17.1. The van der Waals surface area contributed by atoms with Gasteiger partial charge in [-0.15, -0.1) is 0 Å². The predicted octanol–water partition coefficient (Wildman–Crippen LogP) is 2.74. The Balaban J connectivity index is 2.51. The van der Waals surface area contributed by atoms with Crippen LogP contribution in [0.5, 0.6) is 0 Å². The molecule has 0 bridgehead atoms. The van der Waals surface area contributed by atoms with Gasteiger partial charge >= 0.3 is 0 Å². The maximum atomic E-state index is 10.1. The molecule has 2 nitrogen and oxygen atoms in total. The van der Waals surface area contributed by atoms with Crippen LogP contribution in [0.2, 0.25) is 0 Å². The van der Waals surface area contributed by atoms with Gasteiger partial charge in [-0.05, 0) is 25.3 Å². The Hall–Kier alpha value is -0.860. The molecule has 2 N–H and O–H groups in total. The van der Waals surface area contributed by atoms with Crippen molar-refractivity contribution in [2.75, 3.05) is 6.54 Å². The van der Waals surface area contributed by atoms with E-state index in [0.29, 0.717) is 6.54 Å². The van der Waals surface area contributed by atoms with Gasteiger partial charge in [0.15, 0.2) is 0 Å². The predicted molar refractivity (Wildman–Crippen MR) is 68.3 cm³/mol. The lowest BCUT2D eigenvalue weighted by molar-refractivity contribution is 0.0122. The van der Waals surface area contributed by atoms with E-state index in [2.05, 4.69) is 24.4 Å². The average Bonchev–Trinajstić information content (AvgIpc) is 2.27. The van der Waals surface area contributed by atoms with Crippen LogP contribution in [0.1, 0.15) is 39.3 Å². The molecule has 90 valence electrons. The molecule has 2 heteroatoms. The topological polar surface area (TPSA) is 32.3 Å². The molecular weight excluding hydrogens is 198 g/mol. The van der Waals surface area contributed by atoms with Crippen molar-refractivity contribution in [3.63, 3.8) is 0 Å². The Morgan fingerprint density at radius 1 is 1.19 bits per heavy atom. The fourth-order valence-corrected chi connectivity index (χ4v) is 1.42. The van der Waals surface area contributed by atoms with Crippen molar-refractivity contribution in [1.82, 2.24) is 5.32 Å². The van der Waals surface area contributed by atoms with Gasteiger partial charge in [-0.3, -0.25) is 0 Å². The first-order valence-corrected chi connectivity index (χ1v) is 5.94. The van der Waals surface area contributed by atoms with Gasteiger partial charge < -0.3 is 10.4 Å². The van der Waals surface area contributed by atoms with Crippen LogP contribution in [-0.2, 0) is 0 Å². The molecule has 0 heterocycles. The Morgan fingerprint density at radius 3 is 2.25 bits per heavy atom. The smallest absolute Gasteiger partial charge is 0.0766 e. The molecule has 0 aromatic heterocycles. The number of rotatable bonds is 5. The van der Waals surface area contributed by atoms with Crippen molar-refractivity contribution in [3.05, 3.63) is 35.9 Å². The van der Waals surface area contributed by atoms with E-state index < -0.39 is 5.60 Å². The molecule has 0 fully saturated rings. The van der Waals surface area contributed by atoms with Crippen LogP contribution < -0.4 is 5.32 Å². The second-order valence-corrected chi connectivity index (χ2v) is 5.03. The van der Waals surface area contributed by atoms with Crippen molar-refractivity contribution in [3.8, 4) is 0 Å². The fourth-order valence-electron chi connectivity index (χ4n) is 1.42. The lowest BCUT2D eigenvalue weighted by Gasteiger charge is -2.29. The molecule has 0 saturated heterocycles. The minimum absolute atomic E-state index is 0.253. The first kappa shape index (κ1) is 13.2. The second kappa shape index (κ2) is 5.46.